The van der Waals surface area contributed by atoms with Crippen LogP contribution in [-0.2, 0) is 11.3 Å². The minimum absolute atomic E-state index is 0.159. The Morgan fingerprint density at radius 3 is 2.84 bits per heavy atom. The van der Waals surface area contributed by atoms with Gasteiger partial charge in [-0.1, -0.05) is 11.6 Å². The number of ether oxygens (including phenoxy) is 2. The van der Waals surface area contributed by atoms with E-state index in [-0.39, 0.29) is 12.7 Å². The summed E-state index contributed by atoms with van der Waals surface area (Å²) in [5.41, 5.74) is 0.762. The molecule has 0 aliphatic carbocycles. The van der Waals surface area contributed by atoms with Crippen molar-refractivity contribution in [1.82, 2.24) is 10.2 Å². The van der Waals surface area contributed by atoms with Crippen LogP contribution >= 0.6 is 11.6 Å². The third-order valence-corrected chi connectivity index (χ3v) is 3.20. The van der Waals surface area contributed by atoms with Crippen molar-refractivity contribution in [3.8, 4) is 5.75 Å². The van der Waals surface area contributed by atoms with Crippen molar-refractivity contribution in [2.24, 2.45) is 0 Å². The van der Waals surface area contributed by atoms with E-state index in [4.69, 9.17) is 21.1 Å². The molecule has 0 aromatic heterocycles. The summed E-state index contributed by atoms with van der Waals surface area (Å²) in [5.74, 6) is 0.664. The van der Waals surface area contributed by atoms with Gasteiger partial charge >= 0.3 is 6.09 Å². The Morgan fingerprint density at radius 1 is 1.42 bits per heavy atom. The molecule has 5 nitrogen and oxygen atoms in total. The highest BCUT2D eigenvalue weighted by molar-refractivity contribution is 6.30. The van der Waals surface area contributed by atoms with E-state index in [1.807, 2.05) is 0 Å². The van der Waals surface area contributed by atoms with Gasteiger partial charge in [-0.2, -0.15) is 0 Å². The first kappa shape index (κ1) is 14.0. The predicted octanol–water partition coefficient (Wildman–Crippen LogP) is 1.89. The highest BCUT2D eigenvalue weighted by Crippen LogP contribution is 2.23. The van der Waals surface area contributed by atoms with Gasteiger partial charge in [-0.3, -0.25) is 0 Å². The summed E-state index contributed by atoms with van der Waals surface area (Å²) in [7, 11) is 1.57. The van der Waals surface area contributed by atoms with E-state index in [2.05, 4.69) is 5.32 Å². The van der Waals surface area contributed by atoms with Gasteiger partial charge in [0.15, 0.2) is 0 Å². The normalized spacial score (nSPS) is 15.2. The number of nitrogens with zero attached hydrogens (tertiary/aromatic N) is 1. The van der Waals surface area contributed by atoms with Gasteiger partial charge in [0.1, 0.15) is 12.4 Å². The molecule has 6 heteroatoms. The van der Waals surface area contributed by atoms with Gasteiger partial charge in [0.2, 0.25) is 0 Å². The lowest BCUT2D eigenvalue weighted by atomic mass is 10.2. The van der Waals surface area contributed by atoms with E-state index in [0.717, 1.165) is 18.7 Å². The zero-order valence-electron chi connectivity index (χ0n) is 10.8. The minimum Gasteiger partial charge on any atom is -0.496 e. The number of rotatable bonds is 3. The Morgan fingerprint density at radius 2 is 2.16 bits per heavy atom. The van der Waals surface area contributed by atoms with Gasteiger partial charge in [0.05, 0.1) is 7.11 Å². The molecular formula is C13H17ClN2O3. The van der Waals surface area contributed by atoms with Gasteiger partial charge in [-0.15, -0.1) is 0 Å². The van der Waals surface area contributed by atoms with E-state index < -0.39 is 0 Å². The van der Waals surface area contributed by atoms with Crippen LogP contribution in [0.15, 0.2) is 18.2 Å². The number of methoxy groups -OCH3 is 1. The lowest BCUT2D eigenvalue weighted by molar-refractivity contribution is 0.0912. The quantitative estimate of drug-likeness (QED) is 0.921. The smallest absolute Gasteiger partial charge is 0.410 e. The molecule has 1 aliphatic rings. The summed E-state index contributed by atoms with van der Waals surface area (Å²) < 4.78 is 10.5. The number of nitrogens with one attached hydrogen (secondary N) is 1. The van der Waals surface area contributed by atoms with Crippen LogP contribution in [0, 0.1) is 0 Å². The maximum Gasteiger partial charge on any atom is 0.410 e. The summed E-state index contributed by atoms with van der Waals surface area (Å²) in [4.78, 5) is 13.5. The Bertz CT molecular complexity index is 448. The first-order chi connectivity index (χ1) is 9.20. The third kappa shape index (κ3) is 3.75. The van der Waals surface area contributed by atoms with Crippen LogP contribution in [0.4, 0.5) is 4.79 Å². The van der Waals surface area contributed by atoms with Crippen molar-refractivity contribution in [2.45, 2.75) is 6.61 Å². The first-order valence-electron chi connectivity index (χ1n) is 6.15. The number of piperazine rings is 1. The SMILES string of the molecule is COc1ccc(Cl)cc1COC(=O)N1CCNCC1. The third-order valence-electron chi connectivity index (χ3n) is 2.97. The molecule has 0 unspecified atom stereocenters. The molecule has 1 aromatic carbocycles. The van der Waals surface area contributed by atoms with Crippen LogP contribution in [0.3, 0.4) is 0 Å². The van der Waals surface area contributed by atoms with E-state index >= 15 is 0 Å². The molecule has 1 aromatic rings. The zero-order chi connectivity index (χ0) is 13.7. The summed E-state index contributed by atoms with van der Waals surface area (Å²) in [5, 5.41) is 3.77. The van der Waals surface area contributed by atoms with E-state index in [1.54, 1.807) is 30.2 Å². The number of benzene rings is 1. The molecule has 0 saturated carbocycles. The van der Waals surface area contributed by atoms with Gasteiger partial charge < -0.3 is 19.7 Å². The fourth-order valence-corrected chi connectivity index (χ4v) is 2.13. The van der Waals surface area contributed by atoms with Crippen molar-refractivity contribution in [3.05, 3.63) is 28.8 Å². The molecule has 0 spiro atoms. The summed E-state index contributed by atoms with van der Waals surface area (Å²) in [6, 6.07) is 5.24. The zero-order valence-corrected chi connectivity index (χ0v) is 11.6. The number of amides is 1. The van der Waals surface area contributed by atoms with Gasteiger partial charge in [0.25, 0.3) is 0 Å². The van der Waals surface area contributed by atoms with Gasteiger partial charge in [-0.05, 0) is 18.2 Å². The fourth-order valence-electron chi connectivity index (χ4n) is 1.94. The Balaban J connectivity index is 1.94. The maximum atomic E-state index is 11.9. The first-order valence-corrected chi connectivity index (χ1v) is 6.53. The Kier molecular flexibility index (Phi) is 4.87. The van der Waals surface area contributed by atoms with Crippen molar-refractivity contribution in [1.29, 1.82) is 0 Å². The standard InChI is InChI=1S/C13H17ClN2O3/c1-18-12-3-2-11(14)8-10(12)9-19-13(17)16-6-4-15-5-7-16/h2-3,8,15H,4-7,9H2,1H3. The maximum absolute atomic E-state index is 11.9. The Hall–Kier alpha value is -1.46. The molecule has 19 heavy (non-hydrogen) atoms. The van der Waals surface area contributed by atoms with Crippen LogP contribution in [0.2, 0.25) is 5.02 Å². The van der Waals surface area contributed by atoms with Crippen LogP contribution in [-0.4, -0.2) is 44.3 Å². The molecular weight excluding hydrogens is 268 g/mol. The van der Waals surface area contributed by atoms with E-state index in [0.29, 0.717) is 23.9 Å². The molecule has 1 fully saturated rings. The number of halogens is 1. The lowest BCUT2D eigenvalue weighted by Crippen LogP contribution is -2.46. The molecule has 1 saturated heterocycles. The number of carbonyl (C=O) groups is 1. The van der Waals surface area contributed by atoms with E-state index in [9.17, 15) is 4.79 Å². The predicted molar refractivity (Wildman–Crippen MR) is 72.6 cm³/mol. The molecule has 1 amide bonds. The van der Waals surface area contributed by atoms with Crippen LogP contribution < -0.4 is 10.1 Å². The Labute approximate surface area is 117 Å². The number of carbonyl (C=O) groups excluding carboxylic acids is 1. The second-order valence-corrected chi connectivity index (χ2v) is 4.68. The van der Waals surface area contributed by atoms with Crippen LogP contribution in [0.1, 0.15) is 5.56 Å². The molecule has 0 bridgehead atoms. The van der Waals surface area contributed by atoms with Crippen molar-refractivity contribution in [3.63, 3.8) is 0 Å². The second-order valence-electron chi connectivity index (χ2n) is 4.25. The molecule has 0 radical (unpaired) electrons. The second kappa shape index (κ2) is 6.63. The molecule has 1 N–H and O–H groups in total. The highest BCUT2D eigenvalue weighted by Gasteiger charge is 2.18. The lowest BCUT2D eigenvalue weighted by Gasteiger charge is -2.26. The molecule has 0 atom stereocenters. The average Bonchev–Trinajstić information content (AvgIpc) is 2.46. The molecule has 1 aliphatic heterocycles. The monoisotopic (exact) mass is 284 g/mol. The highest BCUT2D eigenvalue weighted by atomic mass is 35.5. The minimum atomic E-state index is -0.302. The topological polar surface area (TPSA) is 50.8 Å². The van der Waals surface area contributed by atoms with Gasteiger partial charge in [0, 0.05) is 36.8 Å². The van der Waals surface area contributed by atoms with Crippen molar-refractivity contribution < 1.29 is 14.3 Å². The largest absolute Gasteiger partial charge is 0.496 e. The average molecular weight is 285 g/mol. The fraction of sp³-hybridized carbons (Fsp3) is 0.462. The summed E-state index contributed by atoms with van der Waals surface area (Å²) in [6.07, 6.45) is -0.302. The van der Waals surface area contributed by atoms with Crippen LogP contribution in [0.25, 0.3) is 0 Å². The van der Waals surface area contributed by atoms with Gasteiger partial charge in [-0.25, -0.2) is 4.79 Å². The molecule has 104 valence electrons. The molecule has 1 heterocycles. The van der Waals surface area contributed by atoms with Crippen molar-refractivity contribution >= 4 is 17.7 Å². The summed E-state index contributed by atoms with van der Waals surface area (Å²) in [6.45, 7) is 3.11. The number of hydrogen-bond donors (Lipinski definition) is 1. The summed E-state index contributed by atoms with van der Waals surface area (Å²) >= 11 is 5.92. The number of hydrogen-bond acceptors (Lipinski definition) is 4. The van der Waals surface area contributed by atoms with Crippen LogP contribution in [0.5, 0.6) is 5.75 Å². The van der Waals surface area contributed by atoms with Crippen molar-refractivity contribution in [2.75, 3.05) is 33.3 Å². The molecule has 2 rings (SSSR count). The van der Waals surface area contributed by atoms with E-state index in [1.165, 1.54) is 0 Å².